The number of hydrogen-bond acceptors (Lipinski definition) is 7. The number of anilines is 1. The second-order valence-electron chi connectivity index (χ2n) is 8.16. The minimum Gasteiger partial charge on any atom is -0.490 e. The molecule has 1 fully saturated rings. The molecule has 0 aromatic heterocycles. The maximum absolute atomic E-state index is 13.2. The number of carbonyl (C=O) groups is 2. The van der Waals surface area contributed by atoms with E-state index in [-0.39, 0.29) is 19.2 Å². The number of benzene rings is 2. The molecule has 184 valence electrons. The van der Waals surface area contributed by atoms with E-state index in [1.807, 2.05) is 0 Å². The van der Waals surface area contributed by atoms with Crippen molar-refractivity contribution >= 4 is 17.7 Å². The largest absolute Gasteiger partial charge is 0.490 e. The highest BCUT2D eigenvalue weighted by Crippen LogP contribution is 2.17. The number of amides is 2. The van der Waals surface area contributed by atoms with Gasteiger partial charge in [0, 0.05) is 45.0 Å². The Bertz CT molecular complexity index is 1080. The zero-order valence-electron chi connectivity index (χ0n) is 20.0. The van der Waals surface area contributed by atoms with Crippen molar-refractivity contribution in [3.63, 3.8) is 0 Å². The molecule has 0 radical (unpaired) electrons. The number of rotatable bonds is 10. The topological polar surface area (TPSA) is 107 Å². The molecule has 9 nitrogen and oxygen atoms in total. The molecule has 3 rings (SSSR count). The molecular weight excluding hydrogens is 446 g/mol. The highest BCUT2D eigenvalue weighted by molar-refractivity contribution is 5.94. The molecule has 1 saturated heterocycles. The van der Waals surface area contributed by atoms with Gasteiger partial charge in [-0.05, 0) is 35.9 Å². The zero-order valence-corrected chi connectivity index (χ0v) is 20.0. The molecule has 0 spiro atoms. The Hall–Kier alpha value is -3.87. The molecular formula is C26H31N5O4. The van der Waals surface area contributed by atoms with Crippen LogP contribution in [0, 0.1) is 11.3 Å². The van der Waals surface area contributed by atoms with Gasteiger partial charge in [0.2, 0.25) is 0 Å². The fraction of sp³-hybridized carbons (Fsp3) is 0.346. The van der Waals surface area contributed by atoms with Gasteiger partial charge in [-0.25, -0.2) is 9.59 Å². The molecule has 9 heteroatoms. The van der Waals surface area contributed by atoms with Crippen molar-refractivity contribution in [3.05, 3.63) is 71.8 Å². The Labute approximate surface area is 205 Å². The quantitative estimate of drug-likeness (QED) is 0.400. The van der Waals surface area contributed by atoms with E-state index in [1.54, 1.807) is 53.4 Å². The van der Waals surface area contributed by atoms with Crippen molar-refractivity contribution in [2.24, 2.45) is 0 Å². The standard InChI is InChI=1S/C26H31N5O4/c1-20(18-30-12-10-28-11-13-30)19-31(14-15-35-24-9-4-3-6-22(24)17-27)26(33)29-23-8-5-7-21(16-23)25(32)34-2/h3-9,16,28H,1,10-15,18-19H2,2H3,(H,29,33). The molecule has 2 amide bonds. The SMILES string of the molecule is C=C(CN1CCNCC1)CN(CCOc1ccccc1C#N)C(=O)Nc1cccc(C(=O)OC)c1. The molecule has 2 aromatic rings. The lowest BCUT2D eigenvalue weighted by molar-refractivity contribution is 0.0600. The summed E-state index contributed by atoms with van der Waals surface area (Å²) >= 11 is 0. The van der Waals surface area contributed by atoms with E-state index in [4.69, 9.17) is 9.47 Å². The van der Waals surface area contributed by atoms with Crippen LogP contribution in [0.2, 0.25) is 0 Å². The van der Waals surface area contributed by atoms with Crippen LogP contribution in [0.15, 0.2) is 60.7 Å². The van der Waals surface area contributed by atoms with Crippen LogP contribution in [0.25, 0.3) is 0 Å². The van der Waals surface area contributed by atoms with Crippen LogP contribution in [-0.4, -0.2) is 81.3 Å². The van der Waals surface area contributed by atoms with Crippen LogP contribution < -0.4 is 15.4 Å². The van der Waals surface area contributed by atoms with E-state index in [1.165, 1.54) is 7.11 Å². The maximum Gasteiger partial charge on any atom is 0.337 e. The third kappa shape index (κ3) is 7.84. The van der Waals surface area contributed by atoms with Gasteiger partial charge in [0.15, 0.2) is 0 Å². The minimum absolute atomic E-state index is 0.204. The van der Waals surface area contributed by atoms with Crippen LogP contribution in [0.4, 0.5) is 10.5 Å². The second kappa shape index (κ2) is 13.1. The van der Waals surface area contributed by atoms with E-state index >= 15 is 0 Å². The highest BCUT2D eigenvalue weighted by Gasteiger charge is 2.18. The summed E-state index contributed by atoms with van der Waals surface area (Å²) in [4.78, 5) is 28.9. The van der Waals surface area contributed by atoms with Crippen molar-refractivity contribution in [1.29, 1.82) is 5.26 Å². The maximum atomic E-state index is 13.2. The number of urea groups is 1. The average Bonchev–Trinajstić information content (AvgIpc) is 2.88. The third-order valence-corrected chi connectivity index (χ3v) is 5.52. The molecule has 2 aromatic carbocycles. The van der Waals surface area contributed by atoms with Gasteiger partial charge in [0.25, 0.3) is 0 Å². The van der Waals surface area contributed by atoms with E-state index in [2.05, 4.69) is 28.2 Å². The summed E-state index contributed by atoms with van der Waals surface area (Å²) < 4.78 is 10.6. The van der Waals surface area contributed by atoms with E-state index < -0.39 is 5.97 Å². The lowest BCUT2D eigenvalue weighted by Crippen LogP contribution is -2.45. The van der Waals surface area contributed by atoms with Gasteiger partial charge in [-0.15, -0.1) is 0 Å². The lowest BCUT2D eigenvalue weighted by atomic mass is 10.2. The monoisotopic (exact) mass is 477 g/mol. The summed E-state index contributed by atoms with van der Waals surface area (Å²) in [5.74, 6) is -0.00677. The first-order valence-corrected chi connectivity index (χ1v) is 11.5. The fourth-order valence-corrected chi connectivity index (χ4v) is 3.75. The van der Waals surface area contributed by atoms with Gasteiger partial charge in [-0.1, -0.05) is 24.8 Å². The Morgan fingerprint density at radius 2 is 1.97 bits per heavy atom. The number of nitrogens with zero attached hydrogens (tertiary/aromatic N) is 3. The van der Waals surface area contributed by atoms with Gasteiger partial charge in [0.1, 0.15) is 18.4 Å². The van der Waals surface area contributed by atoms with Gasteiger partial charge < -0.3 is 25.0 Å². The van der Waals surface area contributed by atoms with Crippen molar-refractivity contribution in [2.75, 3.05) is 64.8 Å². The number of para-hydroxylation sites is 1. The first kappa shape index (κ1) is 25.7. The first-order chi connectivity index (χ1) is 17.0. The minimum atomic E-state index is -0.480. The number of hydrogen-bond donors (Lipinski definition) is 2. The third-order valence-electron chi connectivity index (χ3n) is 5.52. The van der Waals surface area contributed by atoms with E-state index in [9.17, 15) is 14.9 Å². The molecule has 1 aliphatic heterocycles. The lowest BCUT2D eigenvalue weighted by Gasteiger charge is -2.30. The van der Waals surface area contributed by atoms with Gasteiger partial charge in [-0.3, -0.25) is 4.90 Å². The molecule has 0 aliphatic carbocycles. The predicted molar refractivity (Wildman–Crippen MR) is 133 cm³/mol. The summed E-state index contributed by atoms with van der Waals surface area (Å²) in [7, 11) is 1.31. The number of nitriles is 1. The van der Waals surface area contributed by atoms with Crippen LogP contribution in [0.1, 0.15) is 15.9 Å². The van der Waals surface area contributed by atoms with Crippen LogP contribution >= 0.6 is 0 Å². The average molecular weight is 478 g/mol. The highest BCUT2D eigenvalue weighted by atomic mass is 16.5. The molecule has 0 bridgehead atoms. The number of ether oxygens (including phenoxy) is 2. The molecule has 0 saturated carbocycles. The summed E-state index contributed by atoms with van der Waals surface area (Å²) in [6.07, 6.45) is 0. The molecule has 1 heterocycles. The van der Waals surface area contributed by atoms with Gasteiger partial charge in [0.05, 0.1) is 24.8 Å². The molecule has 0 unspecified atom stereocenters. The van der Waals surface area contributed by atoms with Gasteiger partial charge >= 0.3 is 12.0 Å². The summed E-state index contributed by atoms with van der Waals surface area (Å²) in [6.45, 7) is 9.44. The molecule has 2 N–H and O–H groups in total. The predicted octanol–water partition coefficient (Wildman–Crippen LogP) is 2.72. The fourth-order valence-electron chi connectivity index (χ4n) is 3.75. The Kier molecular flexibility index (Phi) is 9.66. The Morgan fingerprint density at radius 1 is 1.20 bits per heavy atom. The zero-order chi connectivity index (χ0) is 25.0. The first-order valence-electron chi connectivity index (χ1n) is 11.5. The molecule has 0 atom stereocenters. The summed E-state index contributed by atoms with van der Waals surface area (Å²) in [6, 6.07) is 15.3. The summed E-state index contributed by atoms with van der Waals surface area (Å²) in [5, 5.41) is 15.4. The van der Waals surface area contributed by atoms with Crippen LogP contribution in [0.5, 0.6) is 5.75 Å². The smallest absolute Gasteiger partial charge is 0.337 e. The number of piperazine rings is 1. The van der Waals surface area contributed by atoms with Crippen molar-refractivity contribution in [2.45, 2.75) is 0 Å². The number of nitrogens with one attached hydrogen (secondary N) is 2. The Morgan fingerprint density at radius 3 is 2.71 bits per heavy atom. The van der Waals surface area contributed by atoms with Gasteiger partial charge in [-0.2, -0.15) is 5.26 Å². The molecule has 1 aliphatic rings. The van der Waals surface area contributed by atoms with E-state index in [0.717, 1.165) is 31.8 Å². The van der Waals surface area contributed by atoms with Crippen molar-refractivity contribution < 1.29 is 19.1 Å². The normalized spacial score (nSPS) is 13.4. The van der Waals surface area contributed by atoms with Crippen LogP contribution in [-0.2, 0) is 4.74 Å². The number of esters is 1. The molecule has 35 heavy (non-hydrogen) atoms. The van der Waals surface area contributed by atoms with Crippen molar-refractivity contribution in [1.82, 2.24) is 15.1 Å². The summed E-state index contributed by atoms with van der Waals surface area (Å²) in [5.41, 5.74) is 2.16. The number of carbonyl (C=O) groups excluding carboxylic acids is 2. The Balaban J connectivity index is 1.67. The van der Waals surface area contributed by atoms with Crippen LogP contribution in [0.3, 0.4) is 0 Å². The van der Waals surface area contributed by atoms with E-state index in [0.29, 0.717) is 35.7 Å². The second-order valence-corrected chi connectivity index (χ2v) is 8.16. The number of methoxy groups -OCH3 is 1. The van der Waals surface area contributed by atoms with Crippen molar-refractivity contribution in [3.8, 4) is 11.8 Å².